The molecule has 0 aliphatic carbocycles. The van der Waals surface area contributed by atoms with Crippen molar-refractivity contribution in [2.24, 2.45) is 5.92 Å². The highest BCUT2D eigenvalue weighted by molar-refractivity contribution is 5.87. The van der Waals surface area contributed by atoms with Crippen LogP contribution in [0.25, 0.3) is 0 Å². The minimum Gasteiger partial charge on any atom is -0.359 e. The molecule has 0 unspecified atom stereocenters. The van der Waals surface area contributed by atoms with Crippen molar-refractivity contribution < 1.29 is 14.3 Å². The number of carbonyl (C=O) groups excluding carboxylic acids is 2. The lowest BCUT2D eigenvalue weighted by Gasteiger charge is -2.44. The molecule has 0 amide bonds. The van der Waals surface area contributed by atoms with Crippen LogP contribution in [0, 0.1) is 5.92 Å². The fraction of sp³-hybridized carbons (Fsp3) is 0.733. The van der Waals surface area contributed by atoms with Crippen molar-refractivity contribution in [2.75, 3.05) is 0 Å². The molecule has 0 radical (unpaired) electrons. The van der Waals surface area contributed by atoms with Gasteiger partial charge in [-0.25, -0.2) is 0 Å². The summed E-state index contributed by atoms with van der Waals surface area (Å²) in [4.78, 5) is 23.1. The van der Waals surface area contributed by atoms with Gasteiger partial charge in [0.25, 0.3) is 0 Å². The van der Waals surface area contributed by atoms with Crippen LogP contribution in [0.5, 0.6) is 0 Å². The average molecular weight is 250 g/mol. The van der Waals surface area contributed by atoms with Crippen LogP contribution in [0.3, 0.4) is 0 Å². The molecule has 0 aromatic heterocycles. The van der Waals surface area contributed by atoms with Gasteiger partial charge in [0.2, 0.25) is 0 Å². The molecule has 2 rings (SSSR count). The molecule has 0 aromatic rings. The lowest BCUT2D eigenvalue weighted by Crippen LogP contribution is -2.52. The van der Waals surface area contributed by atoms with E-state index in [1.54, 1.807) is 0 Å². The topological polar surface area (TPSA) is 43.4 Å². The van der Waals surface area contributed by atoms with E-state index in [9.17, 15) is 9.59 Å². The number of carbonyl (C=O) groups is 2. The first kappa shape index (κ1) is 13.5. The van der Waals surface area contributed by atoms with Crippen LogP contribution in [0.2, 0.25) is 0 Å². The number of hydrogen-bond donors (Lipinski definition) is 0. The molecule has 2 aliphatic heterocycles. The van der Waals surface area contributed by atoms with Gasteiger partial charge in [-0.2, -0.15) is 0 Å². The summed E-state index contributed by atoms with van der Waals surface area (Å²) in [6.45, 7) is 4.19. The molecule has 3 heteroatoms. The van der Waals surface area contributed by atoms with Crippen LogP contribution in [0.4, 0.5) is 0 Å². The van der Waals surface area contributed by atoms with Crippen molar-refractivity contribution >= 4 is 12.1 Å². The maximum absolute atomic E-state index is 12.3. The number of ether oxygens (including phenoxy) is 1. The Labute approximate surface area is 109 Å². The molecule has 2 bridgehead atoms. The zero-order valence-electron chi connectivity index (χ0n) is 11.3. The van der Waals surface area contributed by atoms with Crippen molar-refractivity contribution in [2.45, 2.75) is 63.6 Å². The van der Waals surface area contributed by atoms with Gasteiger partial charge in [-0.3, -0.25) is 4.79 Å². The number of Topliss-reactive ketones (excluding diaryl/α,β-unsaturated/α-hetero) is 1. The van der Waals surface area contributed by atoms with Crippen molar-refractivity contribution in [3.63, 3.8) is 0 Å². The number of rotatable bonds is 6. The Hall–Kier alpha value is -0.960. The minimum atomic E-state index is -0.514. The molecular formula is C15H22O3. The molecule has 0 spiro atoms. The highest BCUT2D eigenvalue weighted by atomic mass is 16.5. The second kappa shape index (κ2) is 4.96. The first-order valence-electron chi connectivity index (χ1n) is 6.98. The van der Waals surface area contributed by atoms with Crippen LogP contribution in [0.15, 0.2) is 12.2 Å². The zero-order valence-corrected chi connectivity index (χ0v) is 11.3. The Kier molecular flexibility index (Phi) is 3.71. The van der Waals surface area contributed by atoms with Gasteiger partial charge in [-0.15, -0.1) is 0 Å². The summed E-state index contributed by atoms with van der Waals surface area (Å²) in [7, 11) is 0. The van der Waals surface area contributed by atoms with Gasteiger partial charge in [0.05, 0.1) is 17.1 Å². The predicted octanol–water partition coefficient (Wildman–Crippen LogP) is 2.83. The summed E-state index contributed by atoms with van der Waals surface area (Å²) in [6.07, 6.45) is 9.36. The second-order valence-corrected chi connectivity index (χ2v) is 5.55. The predicted molar refractivity (Wildman–Crippen MR) is 69.3 cm³/mol. The van der Waals surface area contributed by atoms with Gasteiger partial charge in [-0.05, 0) is 12.8 Å². The van der Waals surface area contributed by atoms with E-state index in [0.29, 0.717) is 6.42 Å². The summed E-state index contributed by atoms with van der Waals surface area (Å²) in [5, 5.41) is 0. The van der Waals surface area contributed by atoms with Crippen molar-refractivity contribution in [3.8, 4) is 0 Å². The number of fused-ring (bicyclic) bond motifs is 2. The van der Waals surface area contributed by atoms with E-state index in [-0.39, 0.29) is 23.7 Å². The normalized spacial score (nSPS) is 38.1. The summed E-state index contributed by atoms with van der Waals surface area (Å²) in [6, 6.07) is 0. The molecule has 18 heavy (non-hydrogen) atoms. The molecule has 0 saturated carbocycles. The molecule has 1 fully saturated rings. The monoisotopic (exact) mass is 250 g/mol. The summed E-state index contributed by atoms with van der Waals surface area (Å²) >= 11 is 0. The van der Waals surface area contributed by atoms with Crippen molar-refractivity contribution in [3.05, 3.63) is 12.2 Å². The zero-order chi connectivity index (χ0) is 13.2. The third-order valence-electron chi connectivity index (χ3n) is 4.16. The SMILES string of the molecule is CCC[C@]12C=C[C@](CCC)(O1)[C@@H](CC=O)C(=O)C2. The molecule has 2 heterocycles. The van der Waals surface area contributed by atoms with E-state index in [1.807, 2.05) is 0 Å². The molecule has 0 N–H and O–H groups in total. The fourth-order valence-electron chi connectivity index (χ4n) is 3.48. The first-order chi connectivity index (χ1) is 8.61. The van der Waals surface area contributed by atoms with Crippen LogP contribution >= 0.6 is 0 Å². The summed E-state index contributed by atoms with van der Waals surface area (Å²) in [5.41, 5.74) is -0.902. The molecule has 0 aromatic carbocycles. The Morgan fingerprint density at radius 3 is 2.67 bits per heavy atom. The molecule has 100 valence electrons. The molecule has 1 saturated heterocycles. The highest BCUT2D eigenvalue weighted by Gasteiger charge is 2.55. The first-order valence-corrected chi connectivity index (χ1v) is 6.98. The van der Waals surface area contributed by atoms with E-state index >= 15 is 0 Å². The van der Waals surface area contributed by atoms with E-state index in [0.717, 1.165) is 32.0 Å². The maximum atomic E-state index is 12.3. The van der Waals surface area contributed by atoms with Gasteiger partial charge in [0.15, 0.2) is 0 Å². The molecular weight excluding hydrogens is 228 g/mol. The quantitative estimate of drug-likeness (QED) is 0.538. The number of ketones is 1. The Bertz CT molecular complexity index is 374. The van der Waals surface area contributed by atoms with E-state index in [4.69, 9.17) is 4.74 Å². The minimum absolute atomic E-state index is 0.195. The van der Waals surface area contributed by atoms with Gasteiger partial charge < -0.3 is 9.53 Å². The van der Waals surface area contributed by atoms with E-state index in [1.165, 1.54) is 0 Å². The standard InChI is InChI=1S/C15H22O3/c1-3-6-14-8-9-15(18-14,7-4-2)12(5-10-16)13(17)11-14/h8-10,12H,3-7,11H2,1-2H3/t12-,14+,15-/m0/s1. The van der Waals surface area contributed by atoms with Crippen molar-refractivity contribution in [1.82, 2.24) is 0 Å². The Morgan fingerprint density at radius 1 is 1.33 bits per heavy atom. The van der Waals surface area contributed by atoms with Crippen molar-refractivity contribution in [1.29, 1.82) is 0 Å². The molecule has 2 aliphatic rings. The number of aldehydes is 1. The lowest BCUT2D eigenvalue weighted by atomic mass is 9.75. The van der Waals surface area contributed by atoms with Crippen LogP contribution in [0.1, 0.15) is 52.4 Å². The van der Waals surface area contributed by atoms with Crippen LogP contribution in [-0.4, -0.2) is 23.3 Å². The lowest BCUT2D eigenvalue weighted by molar-refractivity contribution is -0.175. The third-order valence-corrected chi connectivity index (χ3v) is 4.16. The van der Waals surface area contributed by atoms with Crippen LogP contribution in [-0.2, 0) is 14.3 Å². The largest absolute Gasteiger partial charge is 0.359 e. The summed E-state index contributed by atoms with van der Waals surface area (Å²) < 4.78 is 6.30. The van der Waals surface area contributed by atoms with Gasteiger partial charge >= 0.3 is 0 Å². The van der Waals surface area contributed by atoms with Gasteiger partial charge in [0, 0.05) is 12.8 Å². The maximum Gasteiger partial charge on any atom is 0.142 e. The Morgan fingerprint density at radius 2 is 2.06 bits per heavy atom. The molecule has 3 atom stereocenters. The smallest absolute Gasteiger partial charge is 0.142 e. The highest BCUT2D eigenvalue weighted by Crippen LogP contribution is 2.49. The average Bonchev–Trinajstić information content (AvgIpc) is 2.62. The van der Waals surface area contributed by atoms with Crippen LogP contribution < -0.4 is 0 Å². The fourth-order valence-corrected chi connectivity index (χ4v) is 3.48. The van der Waals surface area contributed by atoms with Gasteiger partial charge in [-0.1, -0.05) is 38.8 Å². The molecule has 3 nitrogen and oxygen atoms in total. The summed E-state index contributed by atoms with van der Waals surface area (Å²) in [5.74, 6) is -0.0843. The van der Waals surface area contributed by atoms with E-state index in [2.05, 4.69) is 26.0 Å². The number of hydrogen-bond acceptors (Lipinski definition) is 3. The van der Waals surface area contributed by atoms with Gasteiger partial charge in [0.1, 0.15) is 12.1 Å². The second-order valence-electron chi connectivity index (χ2n) is 5.55. The Balaban J connectivity index is 2.30. The third kappa shape index (κ3) is 2.05. The van der Waals surface area contributed by atoms with E-state index < -0.39 is 5.60 Å².